The van der Waals surface area contributed by atoms with Crippen LogP contribution in [0.4, 0.5) is 11.6 Å². The number of fused-ring (bicyclic) bond motifs is 3. The number of rotatable bonds is 4. The number of hydrogen-bond donors (Lipinski definition) is 3. The van der Waals surface area contributed by atoms with Crippen LogP contribution in [-0.2, 0) is 16.6 Å². The number of carboxylic acid groups (broad SMARTS) is 1. The number of carbonyl (C=O) groups is 1. The Hall–Kier alpha value is -3.30. The van der Waals surface area contributed by atoms with Crippen molar-refractivity contribution < 1.29 is 9.90 Å². The van der Waals surface area contributed by atoms with Crippen molar-refractivity contribution in [1.82, 2.24) is 29.9 Å². The van der Waals surface area contributed by atoms with Crippen LogP contribution in [0.25, 0.3) is 11.2 Å². The molecule has 1 saturated heterocycles. The molecule has 10 nitrogen and oxygen atoms in total. The van der Waals surface area contributed by atoms with E-state index in [9.17, 15) is 0 Å². The third kappa shape index (κ3) is 3.89. The van der Waals surface area contributed by atoms with Crippen LogP contribution >= 0.6 is 0 Å². The monoisotopic (exact) mass is 424 g/mol. The van der Waals surface area contributed by atoms with Crippen LogP contribution in [0.1, 0.15) is 49.7 Å². The van der Waals surface area contributed by atoms with Crippen LogP contribution in [0, 0.1) is 6.92 Å². The van der Waals surface area contributed by atoms with Gasteiger partial charge in [-0.1, -0.05) is 6.92 Å². The molecule has 3 aromatic heterocycles. The van der Waals surface area contributed by atoms with Crippen molar-refractivity contribution in [2.45, 2.75) is 51.4 Å². The van der Waals surface area contributed by atoms with E-state index in [4.69, 9.17) is 19.9 Å². The van der Waals surface area contributed by atoms with Crippen molar-refractivity contribution in [3.63, 3.8) is 0 Å². The first-order valence-electron chi connectivity index (χ1n) is 10.7. The van der Waals surface area contributed by atoms with Gasteiger partial charge in [-0.05, 0) is 39.0 Å². The molecular weight excluding hydrogens is 396 g/mol. The van der Waals surface area contributed by atoms with Crippen LogP contribution in [-0.4, -0.2) is 61.1 Å². The first-order chi connectivity index (χ1) is 15.1. The highest BCUT2D eigenvalue weighted by Crippen LogP contribution is 2.47. The lowest BCUT2D eigenvalue weighted by molar-refractivity contribution is -0.122. The van der Waals surface area contributed by atoms with Crippen LogP contribution in [0.5, 0.6) is 0 Å². The Kier molecular flexibility index (Phi) is 5.97. The summed E-state index contributed by atoms with van der Waals surface area (Å²) in [4.78, 5) is 36.6. The predicted molar refractivity (Wildman–Crippen MR) is 117 cm³/mol. The summed E-state index contributed by atoms with van der Waals surface area (Å²) in [6.07, 6.45) is 8.80. The zero-order valence-corrected chi connectivity index (χ0v) is 17.9. The van der Waals surface area contributed by atoms with E-state index in [0.29, 0.717) is 0 Å². The highest BCUT2D eigenvalue weighted by Gasteiger charge is 2.44. The molecule has 0 unspecified atom stereocenters. The number of aromatic amines is 1. The molecule has 1 spiro atoms. The van der Waals surface area contributed by atoms with Gasteiger partial charge in [0.25, 0.3) is 6.47 Å². The average molecular weight is 425 g/mol. The molecule has 0 atom stereocenters. The molecule has 0 amide bonds. The number of anilines is 2. The summed E-state index contributed by atoms with van der Waals surface area (Å²) in [5.74, 6) is 2.88. The highest BCUT2D eigenvalue weighted by molar-refractivity contribution is 5.82. The standard InChI is InChI=1S/C20H26N8.CH2O2/c1-3-8-21-17-14-4-5-20(16(14)26-13(2)27-17)6-9-28(10-7-20)19-15-18(23-11-22-15)24-12-25-19;2-1-3/h11-12H,3-10H2,1-2H3,(H,21,26,27)(H,22,23,24,25);1H,(H,2,3). The van der Waals surface area contributed by atoms with Crippen molar-refractivity contribution in [1.29, 1.82) is 0 Å². The molecule has 1 fully saturated rings. The maximum Gasteiger partial charge on any atom is 0.290 e. The van der Waals surface area contributed by atoms with E-state index in [2.05, 4.69) is 37.1 Å². The Balaban J connectivity index is 0.000000730. The Morgan fingerprint density at radius 3 is 2.74 bits per heavy atom. The Morgan fingerprint density at radius 2 is 2.00 bits per heavy atom. The van der Waals surface area contributed by atoms with Crippen molar-refractivity contribution in [3.8, 4) is 0 Å². The molecule has 3 N–H and O–H groups in total. The number of imidazole rings is 1. The average Bonchev–Trinajstić information content (AvgIpc) is 3.39. The number of aryl methyl sites for hydroxylation is 1. The van der Waals surface area contributed by atoms with E-state index < -0.39 is 0 Å². The molecule has 5 rings (SSSR count). The van der Waals surface area contributed by atoms with E-state index in [1.165, 1.54) is 17.7 Å². The second kappa shape index (κ2) is 8.83. The molecule has 164 valence electrons. The molecule has 0 radical (unpaired) electrons. The number of hydrogen-bond acceptors (Lipinski definition) is 8. The lowest BCUT2D eigenvalue weighted by atomic mass is 9.76. The number of nitrogens with zero attached hydrogens (tertiary/aromatic N) is 6. The van der Waals surface area contributed by atoms with Crippen molar-refractivity contribution in [2.75, 3.05) is 29.9 Å². The SMILES string of the molecule is CCCNc1nc(C)nc2c1CCC21CCN(c2ncnc3nc[nH]c23)CC1.O=CO. The molecule has 31 heavy (non-hydrogen) atoms. The van der Waals surface area contributed by atoms with Gasteiger partial charge in [-0.25, -0.2) is 24.9 Å². The van der Waals surface area contributed by atoms with Gasteiger partial charge in [-0.15, -0.1) is 0 Å². The Morgan fingerprint density at radius 1 is 1.23 bits per heavy atom. The predicted octanol–water partition coefficient (Wildman–Crippen LogP) is 2.46. The topological polar surface area (TPSA) is 133 Å². The van der Waals surface area contributed by atoms with Gasteiger partial charge in [0.15, 0.2) is 11.5 Å². The fourth-order valence-corrected chi connectivity index (χ4v) is 4.77. The quantitative estimate of drug-likeness (QED) is 0.540. The summed E-state index contributed by atoms with van der Waals surface area (Å²) >= 11 is 0. The minimum atomic E-state index is -0.250. The van der Waals surface area contributed by atoms with Gasteiger partial charge in [-0.2, -0.15) is 0 Å². The number of piperidine rings is 1. The lowest BCUT2D eigenvalue weighted by Crippen LogP contribution is -2.42. The van der Waals surface area contributed by atoms with E-state index in [0.717, 1.165) is 73.9 Å². The van der Waals surface area contributed by atoms with Crippen LogP contribution in [0.15, 0.2) is 12.7 Å². The Bertz CT molecular complexity index is 1060. The molecule has 4 heterocycles. The lowest BCUT2D eigenvalue weighted by Gasteiger charge is -2.40. The van der Waals surface area contributed by atoms with Crippen LogP contribution in [0.3, 0.4) is 0 Å². The van der Waals surface area contributed by atoms with E-state index in [1.807, 2.05) is 6.92 Å². The molecule has 3 aromatic rings. The first kappa shape index (κ1) is 21.0. The molecule has 0 aromatic carbocycles. The summed E-state index contributed by atoms with van der Waals surface area (Å²) < 4.78 is 0. The summed E-state index contributed by atoms with van der Waals surface area (Å²) in [5.41, 5.74) is 4.45. The smallest absolute Gasteiger partial charge is 0.290 e. The molecule has 2 aliphatic rings. The van der Waals surface area contributed by atoms with E-state index in [-0.39, 0.29) is 11.9 Å². The van der Waals surface area contributed by atoms with E-state index >= 15 is 0 Å². The molecule has 0 saturated carbocycles. The maximum absolute atomic E-state index is 8.36. The molecule has 10 heteroatoms. The molecule has 1 aliphatic heterocycles. The largest absolute Gasteiger partial charge is 0.483 e. The summed E-state index contributed by atoms with van der Waals surface area (Å²) in [7, 11) is 0. The minimum absolute atomic E-state index is 0.169. The van der Waals surface area contributed by atoms with Gasteiger partial charge in [0.1, 0.15) is 23.5 Å². The second-order valence-corrected chi connectivity index (χ2v) is 8.04. The second-order valence-electron chi connectivity index (χ2n) is 8.04. The first-order valence-corrected chi connectivity index (χ1v) is 10.7. The molecular formula is C21H28N8O2. The third-order valence-electron chi connectivity index (χ3n) is 6.24. The fourth-order valence-electron chi connectivity index (χ4n) is 4.77. The van der Waals surface area contributed by atoms with Gasteiger partial charge in [0.2, 0.25) is 0 Å². The van der Waals surface area contributed by atoms with Gasteiger partial charge in [0, 0.05) is 30.6 Å². The summed E-state index contributed by atoms with van der Waals surface area (Å²) in [5, 5.41) is 10.4. The summed E-state index contributed by atoms with van der Waals surface area (Å²) in [6.45, 7) is 6.82. The summed E-state index contributed by atoms with van der Waals surface area (Å²) in [6, 6.07) is 0. The minimum Gasteiger partial charge on any atom is -0.483 e. The molecule has 0 bridgehead atoms. The zero-order valence-electron chi connectivity index (χ0n) is 17.9. The van der Waals surface area contributed by atoms with Gasteiger partial charge >= 0.3 is 0 Å². The highest BCUT2D eigenvalue weighted by atomic mass is 16.3. The van der Waals surface area contributed by atoms with Gasteiger partial charge in [-0.3, -0.25) is 4.79 Å². The normalized spacial score (nSPS) is 16.6. The van der Waals surface area contributed by atoms with Crippen LogP contribution < -0.4 is 10.2 Å². The van der Waals surface area contributed by atoms with Crippen molar-refractivity contribution in [3.05, 3.63) is 29.7 Å². The van der Waals surface area contributed by atoms with Crippen molar-refractivity contribution >= 4 is 29.3 Å². The van der Waals surface area contributed by atoms with Gasteiger partial charge in [0.05, 0.1) is 12.0 Å². The third-order valence-corrected chi connectivity index (χ3v) is 6.24. The Labute approximate surface area is 180 Å². The van der Waals surface area contributed by atoms with Crippen molar-refractivity contribution in [2.24, 2.45) is 0 Å². The fraction of sp³-hybridized carbons (Fsp3) is 0.524. The van der Waals surface area contributed by atoms with E-state index in [1.54, 1.807) is 12.7 Å². The van der Waals surface area contributed by atoms with Gasteiger partial charge < -0.3 is 20.3 Å². The molecule has 1 aliphatic carbocycles. The number of aromatic nitrogens is 6. The number of H-pyrrole nitrogens is 1. The number of nitrogens with one attached hydrogen (secondary N) is 2. The van der Waals surface area contributed by atoms with Crippen LogP contribution in [0.2, 0.25) is 0 Å². The maximum atomic E-state index is 8.36. The zero-order chi connectivity index (χ0) is 21.8.